The van der Waals surface area contributed by atoms with E-state index in [2.05, 4.69) is 5.32 Å². The predicted octanol–water partition coefficient (Wildman–Crippen LogP) is 2.28. The van der Waals surface area contributed by atoms with Crippen LogP contribution in [0.1, 0.15) is 32.4 Å². The maximum Gasteiger partial charge on any atom is 0.207 e. The summed E-state index contributed by atoms with van der Waals surface area (Å²) in [5.74, 6) is 0.828. The first-order valence-electron chi connectivity index (χ1n) is 5.10. The number of carbonyl (C=O) groups is 1. The number of para-hydroxylation sites is 1. The molecular weight excluding hydrogens is 190 g/mol. The van der Waals surface area contributed by atoms with Crippen molar-refractivity contribution in [1.29, 1.82) is 0 Å². The number of rotatable bonds is 5. The van der Waals surface area contributed by atoms with Gasteiger partial charge in [0, 0.05) is 5.56 Å². The molecule has 0 fully saturated rings. The Morgan fingerprint density at radius 1 is 1.27 bits per heavy atom. The highest BCUT2D eigenvalue weighted by atomic mass is 16.5. The minimum absolute atomic E-state index is 0.0301. The van der Waals surface area contributed by atoms with Crippen LogP contribution in [0.2, 0.25) is 0 Å². The summed E-state index contributed by atoms with van der Waals surface area (Å²) < 4.78 is 5.66. The number of hydrogen-bond donors (Lipinski definition) is 1. The second kappa shape index (κ2) is 5.39. The van der Waals surface area contributed by atoms with Crippen molar-refractivity contribution < 1.29 is 9.53 Å². The Balaban J connectivity index is 2.89. The Morgan fingerprint density at radius 3 is 2.53 bits per heavy atom. The molecule has 3 heteroatoms. The summed E-state index contributed by atoms with van der Waals surface area (Å²) in [6.07, 6.45) is 0.839. The maximum absolute atomic E-state index is 10.4. The first kappa shape index (κ1) is 11.6. The van der Waals surface area contributed by atoms with Crippen molar-refractivity contribution in [1.82, 2.24) is 5.32 Å². The van der Waals surface area contributed by atoms with Crippen LogP contribution in [-0.2, 0) is 4.79 Å². The Bertz CT molecular complexity index is 323. The van der Waals surface area contributed by atoms with Crippen LogP contribution in [-0.4, -0.2) is 12.5 Å². The molecular formula is C12H17NO2. The van der Waals surface area contributed by atoms with Crippen LogP contribution >= 0.6 is 0 Å². The van der Waals surface area contributed by atoms with Gasteiger partial charge in [0.05, 0.1) is 12.1 Å². The minimum Gasteiger partial charge on any atom is -0.491 e. The normalized spacial score (nSPS) is 12.3. The minimum atomic E-state index is -0.0301. The zero-order chi connectivity index (χ0) is 11.3. The molecule has 0 saturated carbocycles. The summed E-state index contributed by atoms with van der Waals surface area (Å²) in [6, 6.07) is 7.70. The molecule has 0 aliphatic heterocycles. The molecule has 0 bridgehead atoms. The molecule has 0 aliphatic rings. The molecule has 0 aromatic heterocycles. The molecule has 1 aromatic carbocycles. The quantitative estimate of drug-likeness (QED) is 0.752. The Morgan fingerprint density at radius 2 is 1.93 bits per heavy atom. The third kappa shape index (κ3) is 3.27. The molecule has 0 saturated heterocycles. The lowest BCUT2D eigenvalue weighted by atomic mass is 10.1. The highest BCUT2D eigenvalue weighted by Crippen LogP contribution is 2.25. The van der Waals surface area contributed by atoms with E-state index in [-0.39, 0.29) is 12.1 Å². The number of carbonyl (C=O) groups excluding carboxylic acids is 1. The Kier molecular flexibility index (Phi) is 4.16. The third-order valence-electron chi connectivity index (χ3n) is 2.07. The third-order valence-corrected chi connectivity index (χ3v) is 2.07. The fourth-order valence-corrected chi connectivity index (χ4v) is 1.39. The van der Waals surface area contributed by atoms with Crippen molar-refractivity contribution in [3.8, 4) is 5.75 Å². The molecule has 3 nitrogen and oxygen atoms in total. The molecule has 1 amide bonds. The van der Waals surface area contributed by atoms with Crippen molar-refractivity contribution in [3.63, 3.8) is 0 Å². The highest BCUT2D eigenvalue weighted by Gasteiger charge is 2.10. The van der Waals surface area contributed by atoms with Crippen LogP contribution in [0.5, 0.6) is 5.75 Å². The summed E-state index contributed by atoms with van der Waals surface area (Å²) in [5, 5.41) is 2.71. The molecule has 0 heterocycles. The van der Waals surface area contributed by atoms with Gasteiger partial charge >= 0.3 is 0 Å². The monoisotopic (exact) mass is 207 g/mol. The zero-order valence-electron chi connectivity index (χ0n) is 9.36. The zero-order valence-corrected chi connectivity index (χ0v) is 9.36. The first-order valence-corrected chi connectivity index (χ1v) is 5.10. The van der Waals surface area contributed by atoms with Gasteiger partial charge in [0.15, 0.2) is 0 Å². The fourth-order valence-electron chi connectivity index (χ4n) is 1.39. The largest absolute Gasteiger partial charge is 0.491 e. The predicted molar refractivity (Wildman–Crippen MR) is 59.8 cm³/mol. The van der Waals surface area contributed by atoms with Gasteiger partial charge in [-0.15, -0.1) is 0 Å². The van der Waals surface area contributed by atoms with Crippen molar-refractivity contribution in [2.45, 2.75) is 32.9 Å². The number of benzene rings is 1. The second-order valence-electron chi connectivity index (χ2n) is 3.71. The Labute approximate surface area is 90.4 Å². The van der Waals surface area contributed by atoms with E-state index in [1.165, 1.54) is 0 Å². The van der Waals surface area contributed by atoms with E-state index in [1.54, 1.807) is 0 Å². The van der Waals surface area contributed by atoms with Crippen LogP contribution in [0.15, 0.2) is 24.3 Å². The fraction of sp³-hybridized carbons (Fsp3) is 0.417. The van der Waals surface area contributed by atoms with E-state index >= 15 is 0 Å². The SMILES string of the molecule is CC(C)Oc1ccccc1C(C)NC=O. The van der Waals surface area contributed by atoms with E-state index in [0.717, 1.165) is 11.3 Å². The molecule has 0 spiro atoms. The lowest BCUT2D eigenvalue weighted by molar-refractivity contribution is -0.110. The van der Waals surface area contributed by atoms with E-state index in [0.29, 0.717) is 6.41 Å². The van der Waals surface area contributed by atoms with E-state index in [1.807, 2.05) is 45.0 Å². The summed E-state index contributed by atoms with van der Waals surface area (Å²) in [4.78, 5) is 10.4. The van der Waals surface area contributed by atoms with Gasteiger partial charge in [-0.3, -0.25) is 4.79 Å². The van der Waals surface area contributed by atoms with Gasteiger partial charge in [-0.2, -0.15) is 0 Å². The number of nitrogens with one attached hydrogen (secondary N) is 1. The van der Waals surface area contributed by atoms with Crippen LogP contribution in [0.4, 0.5) is 0 Å². The summed E-state index contributed by atoms with van der Waals surface area (Å²) in [5.41, 5.74) is 0.998. The molecule has 15 heavy (non-hydrogen) atoms. The van der Waals surface area contributed by atoms with E-state index < -0.39 is 0 Å². The van der Waals surface area contributed by atoms with Gasteiger partial charge < -0.3 is 10.1 Å². The van der Waals surface area contributed by atoms with Gasteiger partial charge in [-0.05, 0) is 26.8 Å². The highest BCUT2D eigenvalue weighted by molar-refractivity contribution is 5.49. The first-order chi connectivity index (χ1) is 7.15. The van der Waals surface area contributed by atoms with E-state index in [9.17, 15) is 4.79 Å². The van der Waals surface area contributed by atoms with Gasteiger partial charge in [0.1, 0.15) is 5.75 Å². The van der Waals surface area contributed by atoms with Crippen molar-refractivity contribution >= 4 is 6.41 Å². The van der Waals surface area contributed by atoms with Crippen LogP contribution in [0, 0.1) is 0 Å². The molecule has 1 atom stereocenters. The summed E-state index contributed by atoms with van der Waals surface area (Å²) >= 11 is 0. The van der Waals surface area contributed by atoms with Gasteiger partial charge in [0.2, 0.25) is 6.41 Å². The number of amides is 1. The molecule has 1 N–H and O–H groups in total. The van der Waals surface area contributed by atoms with Crippen molar-refractivity contribution in [3.05, 3.63) is 29.8 Å². The topological polar surface area (TPSA) is 38.3 Å². The lowest BCUT2D eigenvalue weighted by Gasteiger charge is -2.18. The molecule has 1 rings (SSSR count). The second-order valence-corrected chi connectivity index (χ2v) is 3.71. The average molecular weight is 207 g/mol. The smallest absolute Gasteiger partial charge is 0.207 e. The van der Waals surface area contributed by atoms with Crippen LogP contribution in [0.25, 0.3) is 0 Å². The number of ether oxygens (including phenoxy) is 1. The summed E-state index contributed by atoms with van der Waals surface area (Å²) in [6.45, 7) is 5.89. The molecule has 1 unspecified atom stereocenters. The standard InChI is InChI=1S/C12H17NO2/c1-9(2)15-12-7-5-4-6-11(12)10(3)13-8-14/h4-10H,1-3H3,(H,13,14). The van der Waals surface area contributed by atoms with Crippen LogP contribution < -0.4 is 10.1 Å². The molecule has 0 aliphatic carbocycles. The van der Waals surface area contributed by atoms with Gasteiger partial charge in [-0.25, -0.2) is 0 Å². The molecule has 0 radical (unpaired) electrons. The van der Waals surface area contributed by atoms with Crippen molar-refractivity contribution in [2.75, 3.05) is 0 Å². The molecule has 1 aromatic rings. The van der Waals surface area contributed by atoms with Gasteiger partial charge in [0.25, 0.3) is 0 Å². The lowest BCUT2D eigenvalue weighted by Crippen LogP contribution is -2.18. The average Bonchev–Trinajstić information content (AvgIpc) is 2.18. The number of hydrogen-bond acceptors (Lipinski definition) is 2. The summed E-state index contributed by atoms with van der Waals surface area (Å²) in [7, 11) is 0. The van der Waals surface area contributed by atoms with E-state index in [4.69, 9.17) is 4.74 Å². The van der Waals surface area contributed by atoms with Gasteiger partial charge in [-0.1, -0.05) is 18.2 Å². The molecule has 82 valence electrons. The Hall–Kier alpha value is -1.51. The van der Waals surface area contributed by atoms with Crippen LogP contribution in [0.3, 0.4) is 0 Å². The van der Waals surface area contributed by atoms with Crippen molar-refractivity contribution in [2.24, 2.45) is 0 Å². The maximum atomic E-state index is 10.4.